The maximum atomic E-state index is 5.90. The van der Waals surface area contributed by atoms with Gasteiger partial charge in [0, 0.05) is 23.1 Å². The Morgan fingerprint density at radius 1 is 1.43 bits per heavy atom. The Labute approximate surface area is 134 Å². The molecule has 0 amide bonds. The molecule has 1 aliphatic heterocycles. The number of rotatable bonds is 3. The lowest BCUT2D eigenvalue weighted by atomic mass is 9.99. The predicted molar refractivity (Wildman–Crippen MR) is 92.7 cm³/mol. The fourth-order valence-corrected chi connectivity index (χ4v) is 4.06. The van der Waals surface area contributed by atoms with Crippen LogP contribution < -0.4 is 15.4 Å². The topological polar surface area (TPSA) is 38.5 Å². The first-order valence-electron chi connectivity index (χ1n) is 6.92. The van der Waals surface area contributed by atoms with E-state index in [0.29, 0.717) is 11.0 Å². The molecule has 5 heteroatoms. The smallest absolute Gasteiger partial charge is 0.120 e. The normalized spacial score (nSPS) is 17.4. The van der Waals surface area contributed by atoms with Crippen molar-refractivity contribution >= 4 is 34.2 Å². The molecule has 1 atom stereocenters. The van der Waals surface area contributed by atoms with Gasteiger partial charge in [-0.25, -0.2) is 0 Å². The molecule has 3 nitrogen and oxygen atoms in total. The molecule has 1 aliphatic rings. The quantitative estimate of drug-likeness (QED) is 0.879. The first kappa shape index (κ1) is 14.4. The maximum Gasteiger partial charge on any atom is 0.120 e. The molecule has 1 aromatic heterocycles. The molecule has 2 N–H and O–H groups in total. The SMILES string of the molecule is COc1ccc(C(N)=S)c(N2CCc3sccc3C2C)c1. The lowest BCUT2D eigenvalue weighted by molar-refractivity contribution is 0.414. The number of benzene rings is 1. The number of methoxy groups -OCH3 is 1. The molecule has 1 unspecified atom stereocenters. The highest BCUT2D eigenvalue weighted by Crippen LogP contribution is 2.38. The van der Waals surface area contributed by atoms with Gasteiger partial charge in [0.25, 0.3) is 0 Å². The standard InChI is InChI=1S/C16H18N2OS2/c1-10-12-6-8-21-15(12)5-7-18(10)14-9-11(19-2)3-4-13(14)16(17)20/h3-4,6,8-10H,5,7H2,1-2H3,(H2,17,20). The summed E-state index contributed by atoms with van der Waals surface area (Å²) >= 11 is 7.05. The van der Waals surface area contributed by atoms with Gasteiger partial charge in [0.2, 0.25) is 0 Å². The van der Waals surface area contributed by atoms with Gasteiger partial charge in [-0.1, -0.05) is 12.2 Å². The first-order valence-corrected chi connectivity index (χ1v) is 8.21. The van der Waals surface area contributed by atoms with Crippen molar-refractivity contribution in [3.8, 4) is 5.75 Å². The maximum absolute atomic E-state index is 5.90. The van der Waals surface area contributed by atoms with Gasteiger partial charge < -0.3 is 15.4 Å². The highest BCUT2D eigenvalue weighted by Gasteiger charge is 2.27. The van der Waals surface area contributed by atoms with Gasteiger partial charge in [-0.2, -0.15) is 0 Å². The lowest BCUT2D eigenvalue weighted by Gasteiger charge is -2.36. The van der Waals surface area contributed by atoms with Gasteiger partial charge in [0.05, 0.1) is 18.8 Å². The van der Waals surface area contributed by atoms with Crippen LogP contribution in [0.5, 0.6) is 5.75 Å². The summed E-state index contributed by atoms with van der Waals surface area (Å²) in [4.78, 5) is 4.28. The van der Waals surface area contributed by atoms with Crippen molar-refractivity contribution in [1.82, 2.24) is 0 Å². The van der Waals surface area contributed by atoms with Crippen LogP contribution in [0.1, 0.15) is 29.0 Å². The molecule has 2 heterocycles. The second kappa shape index (κ2) is 5.66. The highest BCUT2D eigenvalue weighted by molar-refractivity contribution is 7.80. The Hall–Kier alpha value is -1.59. The number of thiophene rings is 1. The second-order valence-corrected chi connectivity index (χ2v) is 6.61. The molecule has 3 rings (SSSR count). The van der Waals surface area contributed by atoms with Crippen molar-refractivity contribution in [2.24, 2.45) is 5.73 Å². The van der Waals surface area contributed by atoms with E-state index in [4.69, 9.17) is 22.7 Å². The summed E-state index contributed by atoms with van der Waals surface area (Å²) in [5, 5.41) is 2.17. The minimum absolute atomic E-state index is 0.320. The summed E-state index contributed by atoms with van der Waals surface area (Å²) < 4.78 is 5.36. The van der Waals surface area contributed by atoms with Gasteiger partial charge in [0.1, 0.15) is 10.7 Å². The van der Waals surface area contributed by atoms with E-state index in [-0.39, 0.29) is 0 Å². The Morgan fingerprint density at radius 2 is 2.24 bits per heavy atom. The molecule has 0 saturated carbocycles. The van der Waals surface area contributed by atoms with Crippen LogP contribution in [0.15, 0.2) is 29.6 Å². The monoisotopic (exact) mass is 318 g/mol. The van der Waals surface area contributed by atoms with Crippen molar-refractivity contribution in [3.05, 3.63) is 45.6 Å². The highest BCUT2D eigenvalue weighted by atomic mass is 32.1. The Bertz CT molecular complexity index is 681. The Kier molecular flexibility index (Phi) is 3.87. The molecule has 1 aromatic carbocycles. The number of hydrogen-bond donors (Lipinski definition) is 1. The van der Waals surface area contributed by atoms with E-state index in [0.717, 1.165) is 30.0 Å². The minimum Gasteiger partial charge on any atom is -0.497 e. The molecule has 0 radical (unpaired) electrons. The Morgan fingerprint density at radius 3 is 2.95 bits per heavy atom. The molecule has 0 spiro atoms. The number of ether oxygens (including phenoxy) is 1. The van der Waals surface area contributed by atoms with Gasteiger partial charge in [-0.05, 0) is 42.5 Å². The van der Waals surface area contributed by atoms with Crippen LogP contribution in [-0.2, 0) is 6.42 Å². The third kappa shape index (κ3) is 2.51. The molecular weight excluding hydrogens is 300 g/mol. The summed E-state index contributed by atoms with van der Waals surface area (Å²) in [6.07, 6.45) is 1.06. The van der Waals surface area contributed by atoms with Crippen molar-refractivity contribution in [1.29, 1.82) is 0 Å². The van der Waals surface area contributed by atoms with Crippen LogP contribution in [0.4, 0.5) is 5.69 Å². The van der Waals surface area contributed by atoms with Crippen LogP contribution in [0.25, 0.3) is 0 Å². The van der Waals surface area contributed by atoms with E-state index in [1.165, 1.54) is 10.4 Å². The lowest BCUT2D eigenvalue weighted by Crippen LogP contribution is -2.34. The summed E-state index contributed by atoms with van der Waals surface area (Å²) in [5.74, 6) is 0.827. The first-order chi connectivity index (χ1) is 10.1. The zero-order valence-electron chi connectivity index (χ0n) is 12.1. The summed E-state index contributed by atoms with van der Waals surface area (Å²) in [5.41, 5.74) is 9.28. The molecule has 0 aliphatic carbocycles. The molecule has 110 valence electrons. The summed E-state index contributed by atoms with van der Waals surface area (Å²) in [7, 11) is 1.68. The number of fused-ring (bicyclic) bond motifs is 1. The van der Waals surface area contributed by atoms with Crippen molar-refractivity contribution in [3.63, 3.8) is 0 Å². The van der Waals surface area contributed by atoms with E-state index in [1.54, 1.807) is 7.11 Å². The van der Waals surface area contributed by atoms with Crippen molar-refractivity contribution < 1.29 is 4.74 Å². The molecule has 0 fully saturated rings. The number of anilines is 1. The predicted octanol–water partition coefficient (Wildman–Crippen LogP) is 3.51. The second-order valence-electron chi connectivity index (χ2n) is 5.17. The third-order valence-electron chi connectivity index (χ3n) is 4.06. The van der Waals surface area contributed by atoms with Crippen LogP contribution >= 0.6 is 23.6 Å². The van der Waals surface area contributed by atoms with Gasteiger partial charge in [-0.15, -0.1) is 11.3 Å². The summed E-state index contributed by atoms with van der Waals surface area (Å²) in [6.45, 7) is 3.20. The van der Waals surface area contributed by atoms with E-state index >= 15 is 0 Å². The zero-order valence-corrected chi connectivity index (χ0v) is 13.8. The number of nitrogens with zero attached hydrogens (tertiary/aromatic N) is 1. The van der Waals surface area contributed by atoms with Crippen molar-refractivity contribution in [2.75, 3.05) is 18.6 Å². The average Bonchev–Trinajstić information content (AvgIpc) is 2.96. The van der Waals surface area contributed by atoms with Gasteiger partial charge in [-0.3, -0.25) is 0 Å². The number of nitrogens with two attached hydrogens (primary N) is 1. The van der Waals surface area contributed by atoms with Crippen LogP contribution in [0.2, 0.25) is 0 Å². The molecule has 0 bridgehead atoms. The molecule has 21 heavy (non-hydrogen) atoms. The third-order valence-corrected chi connectivity index (χ3v) is 5.27. The fourth-order valence-electron chi connectivity index (χ4n) is 2.92. The largest absolute Gasteiger partial charge is 0.497 e. The Balaban J connectivity index is 2.06. The van der Waals surface area contributed by atoms with Crippen LogP contribution in [0.3, 0.4) is 0 Å². The molecule has 0 saturated heterocycles. The van der Waals surface area contributed by atoms with Gasteiger partial charge in [0.15, 0.2) is 0 Å². The van der Waals surface area contributed by atoms with E-state index in [2.05, 4.69) is 23.3 Å². The zero-order chi connectivity index (χ0) is 15.0. The summed E-state index contributed by atoms with van der Waals surface area (Å²) in [6, 6.07) is 8.43. The molecular formula is C16H18N2OS2. The van der Waals surface area contributed by atoms with Crippen molar-refractivity contribution in [2.45, 2.75) is 19.4 Å². The number of thiocarbonyl (C=S) groups is 1. The number of hydrogen-bond acceptors (Lipinski definition) is 4. The van der Waals surface area contributed by atoms with Crippen LogP contribution in [0, 0.1) is 0 Å². The van der Waals surface area contributed by atoms with Crippen LogP contribution in [-0.4, -0.2) is 18.6 Å². The van der Waals surface area contributed by atoms with E-state index < -0.39 is 0 Å². The average molecular weight is 318 g/mol. The minimum atomic E-state index is 0.320. The van der Waals surface area contributed by atoms with E-state index in [1.807, 2.05) is 29.5 Å². The fraction of sp³-hybridized carbons (Fsp3) is 0.312. The molecule has 2 aromatic rings. The van der Waals surface area contributed by atoms with E-state index in [9.17, 15) is 0 Å². The van der Waals surface area contributed by atoms with Gasteiger partial charge >= 0.3 is 0 Å².